The van der Waals surface area contributed by atoms with Crippen LogP contribution in [0.3, 0.4) is 0 Å². The van der Waals surface area contributed by atoms with E-state index in [-0.39, 0.29) is 27.3 Å². The lowest BCUT2D eigenvalue weighted by Gasteiger charge is -2.14. The maximum absolute atomic E-state index is 12.7. The largest absolute Gasteiger partial charge is 0.504 e. The predicted octanol–water partition coefficient (Wildman–Crippen LogP) is 1.73. The third-order valence-corrected chi connectivity index (χ3v) is 8.48. The Balaban J connectivity index is 1.50. The Bertz CT molecular complexity index is 1110. The van der Waals surface area contributed by atoms with Gasteiger partial charge in [-0.25, -0.2) is 12.6 Å². The summed E-state index contributed by atoms with van der Waals surface area (Å²) in [5.74, 6) is 1.42. The van der Waals surface area contributed by atoms with Gasteiger partial charge in [-0.1, -0.05) is 0 Å². The molecule has 2 aliphatic rings. The van der Waals surface area contributed by atoms with Crippen LogP contribution in [0.15, 0.2) is 34.9 Å². The lowest BCUT2D eigenvalue weighted by Crippen LogP contribution is -2.33. The molecule has 0 saturated carbocycles. The first-order valence-electron chi connectivity index (χ1n) is 8.81. The SMILES string of the molecule is Cc1ccc(CNC2=NS(=O)N=C2Nc2csc(S(=O)(=O)N3CCCC3)c2O)o1. The van der Waals surface area contributed by atoms with Crippen molar-refractivity contribution in [3.05, 3.63) is 29.0 Å². The zero-order valence-corrected chi connectivity index (χ0v) is 17.9. The third kappa shape index (κ3) is 4.08. The molecule has 0 spiro atoms. The van der Waals surface area contributed by atoms with E-state index < -0.39 is 21.2 Å². The minimum absolute atomic E-state index is 0.126. The number of nitrogens with one attached hydrogen (secondary N) is 2. The van der Waals surface area contributed by atoms with E-state index in [4.69, 9.17) is 4.42 Å². The number of anilines is 1. The molecule has 2 aromatic rings. The Morgan fingerprint density at radius 3 is 2.69 bits per heavy atom. The normalized spacial score (nSPS) is 20.0. The number of aryl methyl sites for hydroxylation is 1. The van der Waals surface area contributed by atoms with E-state index in [2.05, 4.69) is 19.4 Å². The van der Waals surface area contributed by atoms with Crippen molar-refractivity contribution in [1.29, 1.82) is 0 Å². The molecule has 3 N–H and O–H groups in total. The second kappa shape index (κ2) is 7.89. The Morgan fingerprint density at radius 2 is 2.00 bits per heavy atom. The smallest absolute Gasteiger partial charge is 0.269 e. The first-order valence-corrected chi connectivity index (χ1v) is 12.2. The molecule has 4 heterocycles. The van der Waals surface area contributed by atoms with E-state index in [1.807, 2.05) is 13.0 Å². The van der Waals surface area contributed by atoms with Crippen LogP contribution in [0.4, 0.5) is 5.69 Å². The summed E-state index contributed by atoms with van der Waals surface area (Å²) in [6.07, 6.45) is 1.61. The second-order valence-electron chi connectivity index (χ2n) is 6.50. The van der Waals surface area contributed by atoms with Crippen LogP contribution < -0.4 is 10.6 Å². The van der Waals surface area contributed by atoms with Crippen LogP contribution in [0.25, 0.3) is 0 Å². The number of hydrogen-bond donors (Lipinski definition) is 3. The van der Waals surface area contributed by atoms with Crippen LogP contribution in [0.5, 0.6) is 5.75 Å². The Labute approximate surface area is 174 Å². The van der Waals surface area contributed by atoms with Crippen LogP contribution in [-0.4, -0.2) is 46.8 Å². The fourth-order valence-electron chi connectivity index (χ4n) is 2.99. The molecule has 4 rings (SSSR count). The van der Waals surface area contributed by atoms with E-state index in [1.165, 1.54) is 9.69 Å². The van der Waals surface area contributed by atoms with Gasteiger partial charge in [0.1, 0.15) is 11.5 Å². The standard InChI is InChI=1S/C16H19N5O5S3/c1-10-4-5-11(26-10)8-17-14-15(20-28(23)19-14)18-12-9-27-16(13(12)22)29(24,25)21-6-2-3-7-21/h4-5,9,22H,2-3,6-8H2,1H3,(H,17,19)(H,18,20). The van der Waals surface area contributed by atoms with Gasteiger partial charge in [0.25, 0.3) is 21.2 Å². The summed E-state index contributed by atoms with van der Waals surface area (Å²) >= 11 is -0.892. The molecule has 1 saturated heterocycles. The van der Waals surface area contributed by atoms with Crippen molar-refractivity contribution in [3.63, 3.8) is 0 Å². The molecule has 0 aromatic carbocycles. The quantitative estimate of drug-likeness (QED) is 0.622. The number of hydrogen-bond acceptors (Lipinski definition) is 8. The second-order valence-corrected chi connectivity index (χ2v) is 10.3. The summed E-state index contributed by atoms with van der Waals surface area (Å²) in [6, 6.07) is 3.63. The molecule has 10 nitrogen and oxygen atoms in total. The molecule has 13 heteroatoms. The minimum atomic E-state index is -3.75. The fraction of sp³-hybridized carbons (Fsp3) is 0.375. The van der Waals surface area contributed by atoms with Gasteiger partial charge in [-0.3, -0.25) is 0 Å². The molecule has 0 aliphatic carbocycles. The van der Waals surface area contributed by atoms with E-state index in [9.17, 15) is 17.7 Å². The molecular weight excluding hydrogens is 438 g/mol. The highest BCUT2D eigenvalue weighted by Crippen LogP contribution is 2.40. The van der Waals surface area contributed by atoms with Crippen LogP contribution in [0.2, 0.25) is 0 Å². The highest BCUT2D eigenvalue weighted by atomic mass is 32.2. The summed E-state index contributed by atoms with van der Waals surface area (Å²) in [4.78, 5) is 0. The summed E-state index contributed by atoms with van der Waals surface area (Å²) in [7, 11) is -3.75. The van der Waals surface area contributed by atoms with Crippen molar-refractivity contribution in [1.82, 2.24) is 9.62 Å². The molecule has 1 unspecified atom stereocenters. The van der Waals surface area contributed by atoms with E-state index in [1.54, 1.807) is 6.07 Å². The van der Waals surface area contributed by atoms with Crippen molar-refractivity contribution >= 4 is 49.9 Å². The lowest BCUT2D eigenvalue weighted by molar-refractivity contribution is 0.451. The maximum atomic E-state index is 12.7. The van der Waals surface area contributed by atoms with Gasteiger partial charge in [0, 0.05) is 18.5 Å². The Hall–Kier alpha value is -2.22. The number of amidine groups is 2. The van der Waals surface area contributed by atoms with E-state index in [0.29, 0.717) is 25.4 Å². The lowest BCUT2D eigenvalue weighted by atomic mass is 10.4. The van der Waals surface area contributed by atoms with Crippen molar-refractivity contribution in [2.75, 3.05) is 18.4 Å². The van der Waals surface area contributed by atoms with Gasteiger partial charge in [-0.2, -0.15) is 4.31 Å². The van der Waals surface area contributed by atoms with E-state index in [0.717, 1.165) is 29.9 Å². The number of sulfonamides is 1. The average Bonchev–Trinajstić information content (AvgIpc) is 3.43. The molecule has 156 valence electrons. The molecular formula is C16H19N5O5S3. The molecule has 0 bridgehead atoms. The molecule has 1 fully saturated rings. The van der Waals surface area contributed by atoms with Crippen LogP contribution in [-0.2, 0) is 27.7 Å². The van der Waals surface area contributed by atoms with Gasteiger partial charge in [0.05, 0.1) is 12.2 Å². The zero-order valence-electron chi connectivity index (χ0n) is 15.4. The molecule has 0 radical (unpaired) electrons. The van der Waals surface area contributed by atoms with Gasteiger partial charge in [-0.15, -0.1) is 20.1 Å². The molecule has 2 aromatic heterocycles. The molecule has 1 atom stereocenters. The van der Waals surface area contributed by atoms with Crippen molar-refractivity contribution in [2.24, 2.45) is 8.80 Å². The zero-order chi connectivity index (χ0) is 20.6. The summed E-state index contributed by atoms with van der Waals surface area (Å²) in [6.45, 7) is 3.02. The number of rotatable bonds is 5. The van der Waals surface area contributed by atoms with Crippen molar-refractivity contribution < 1.29 is 22.2 Å². The molecule has 0 amide bonds. The molecule has 2 aliphatic heterocycles. The highest BCUT2D eigenvalue weighted by Gasteiger charge is 2.33. The highest BCUT2D eigenvalue weighted by molar-refractivity contribution is 7.91. The van der Waals surface area contributed by atoms with Crippen LogP contribution in [0, 0.1) is 6.92 Å². The molecule has 29 heavy (non-hydrogen) atoms. The summed E-state index contributed by atoms with van der Waals surface area (Å²) < 4.78 is 51.7. The monoisotopic (exact) mass is 457 g/mol. The van der Waals surface area contributed by atoms with Gasteiger partial charge in [0.2, 0.25) is 0 Å². The number of furan rings is 1. The first-order chi connectivity index (χ1) is 13.8. The Morgan fingerprint density at radius 1 is 1.28 bits per heavy atom. The average molecular weight is 458 g/mol. The Kier molecular flexibility index (Phi) is 5.46. The van der Waals surface area contributed by atoms with Crippen LogP contribution >= 0.6 is 11.3 Å². The van der Waals surface area contributed by atoms with Crippen LogP contribution in [0.1, 0.15) is 24.4 Å². The van der Waals surface area contributed by atoms with E-state index >= 15 is 0 Å². The van der Waals surface area contributed by atoms with Gasteiger partial charge in [0.15, 0.2) is 21.6 Å². The van der Waals surface area contributed by atoms with Gasteiger partial charge < -0.3 is 20.2 Å². The van der Waals surface area contributed by atoms with Crippen molar-refractivity contribution in [3.8, 4) is 5.75 Å². The predicted molar refractivity (Wildman–Crippen MR) is 111 cm³/mol. The number of thiophene rings is 1. The first kappa shape index (κ1) is 20.1. The topological polar surface area (TPSA) is 137 Å². The van der Waals surface area contributed by atoms with Gasteiger partial charge in [-0.05, 0) is 31.9 Å². The fourth-order valence-corrected chi connectivity index (χ4v) is 6.52. The number of aromatic hydroxyl groups is 1. The third-order valence-electron chi connectivity index (χ3n) is 4.41. The minimum Gasteiger partial charge on any atom is -0.504 e. The summed E-state index contributed by atoms with van der Waals surface area (Å²) in [5.41, 5.74) is 0.161. The van der Waals surface area contributed by atoms with Crippen molar-refractivity contribution in [2.45, 2.75) is 30.5 Å². The number of nitrogens with zero attached hydrogens (tertiary/aromatic N) is 3. The summed E-state index contributed by atoms with van der Waals surface area (Å²) in [5, 5.41) is 17.8. The maximum Gasteiger partial charge on any atom is 0.269 e. The van der Waals surface area contributed by atoms with Gasteiger partial charge >= 0.3 is 0 Å².